The molecule has 0 bridgehead atoms. The van der Waals surface area contributed by atoms with E-state index in [1.165, 1.54) is 5.56 Å². The van der Waals surface area contributed by atoms with Gasteiger partial charge in [0.2, 0.25) is 0 Å². The van der Waals surface area contributed by atoms with Crippen LogP contribution >= 0.6 is 11.8 Å². The first-order valence-electron chi connectivity index (χ1n) is 9.76. The fourth-order valence-corrected chi connectivity index (χ4v) is 3.89. The van der Waals surface area contributed by atoms with Crippen molar-refractivity contribution in [2.75, 3.05) is 20.8 Å². The first-order valence-corrected chi connectivity index (χ1v) is 10.7. The van der Waals surface area contributed by atoms with Crippen LogP contribution in [0.15, 0.2) is 71.9 Å². The van der Waals surface area contributed by atoms with Gasteiger partial charge in [0, 0.05) is 41.7 Å². The van der Waals surface area contributed by atoms with E-state index in [9.17, 15) is 4.79 Å². The molecule has 0 spiro atoms. The average Bonchev–Trinajstić information content (AvgIpc) is 2.81. The summed E-state index contributed by atoms with van der Waals surface area (Å²) in [4.78, 5) is 20.1. The number of aromatic nitrogens is 1. The molecule has 0 aliphatic heterocycles. The van der Waals surface area contributed by atoms with Gasteiger partial charge < -0.3 is 14.4 Å². The molecule has 1 amide bonds. The number of amides is 1. The largest absolute Gasteiger partial charge is 0.493 e. The van der Waals surface area contributed by atoms with Crippen LogP contribution in [0.25, 0.3) is 0 Å². The summed E-state index contributed by atoms with van der Waals surface area (Å²) in [5, 5.41) is 0. The monoisotopic (exact) mass is 422 g/mol. The average molecular weight is 423 g/mol. The number of ether oxygens (including phenoxy) is 2. The predicted molar refractivity (Wildman–Crippen MR) is 120 cm³/mol. The van der Waals surface area contributed by atoms with E-state index < -0.39 is 0 Å². The van der Waals surface area contributed by atoms with Gasteiger partial charge in [0.05, 0.1) is 14.2 Å². The lowest BCUT2D eigenvalue weighted by molar-refractivity contribution is 0.0752. The van der Waals surface area contributed by atoms with Crippen molar-refractivity contribution < 1.29 is 14.3 Å². The molecule has 0 N–H and O–H groups in total. The zero-order valence-corrected chi connectivity index (χ0v) is 18.3. The summed E-state index contributed by atoms with van der Waals surface area (Å²) in [6.07, 6.45) is 3.65. The minimum atomic E-state index is 0.0103. The first kappa shape index (κ1) is 21.7. The summed E-state index contributed by atoms with van der Waals surface area (Å²) in [5.41, 5.74) is 2.85. The van der Waals surface area contributed by atoms with Gasteiger partial charge in [-0.25, -0.2) is 0 Å². The molecular formula is C24H26N2O3S. The first-order chi connectivity index (χ1) is 14.6. The minimum absolute atomic E-state index is 0.0103. The zero-order chi connectivity index (χ0) is 21.3. The number of methoxy groups -OCH3 is 2. The molecule has 0 saturated carbocycles. The Morgan fingerprint density at radius 1 is 1.00 bits per heavy atom. The van der Waals surface area contributed by atoms with Crippen LogP contribution in [0.3, 0.4) is 0 Å². The second-order valence-corrected chi connectivity index (χ2v) is 7.73. The molecule has 1 aromatic heterocycles. The lowest BCUT2D eigenvalue weighted by Crippen LogP contribution is -2.30. The Labute approximate surface area is 182 Å². The fraction of sp³-hybridized carbons (Fsp3) is 0.250. The smallest absolute Gasteiger partial charge is 0.254 e. The summed E-state index contributed by atoms with van der Waals surface area (Å²) >= 11 is 1.73. The summed E-state index contributed by atoms with van der Waals surface area (Å²) in [6.45, 7) is 3.11. The third-order valence-corrected chi connectivity index (χ3v) is 5.80. The van der Waals surface area contributed by atoms with E-state index in [2.05, 4.69) is 11.1 Å². The molecule has 6 heteroatoms. The molecule has 0 unspecified atom stereocenters. The van der Waals surface area contributed by atoms with Gasteiger partial charge in [-0.05, 0) is 60.5 Å². The number of hydrogen-bond acceptors (Lipinski definition) is 5. The van der Waals surface area contributed by atoms with Crippen LogP contribution < -0.4 is 9.47 Å². The fourth-order valence-electron chi connectivity index (χ4n) is 3.05. The lowest BCUT2D eigenvalue weighted by atomic mass is 10.1. The SMILES string of the molecule is CCN(Cc1ccc(OC)c(OC)c1)C(=O)c1ccc(SCc2cccnc2)cc1. The van der Waals surface area contributed by atoms with Crippen LogP contribution in [0.5, 0.6) is 11.5 Å². The van der Waals surface area contributed by atoms with E-state index in [1.807, 2.05) is 66.6 Å². The van der Waals surface area contributed by atoms with Crippen molar-refractivity contribution >= 4 is 17.7 Å². The minimum Gasteiger partial charge on any atom is -0.493 e. The summed E-state index contributed by atoms with van der Waals surface area (Å²) in [6, 6.07) is 17.5. The van der Waals surface area contributed by atoms with Crippen LogP contribution in [-0.4, -0.2) is 36.6 Å². The summed E-state index contributed by atoms with van der Waals surface area (Å²) < 4.78 is 10.7. The van der Waals surface area contributed by atoms with Gasteiger partial charge in [0.25, 0.3) is 5.91 Å². The van der Waals surface area contributed by atoms with Crippen molar-refractivity contribution in [1.82, 2.24) is 9.88 Å². The van der Waals surface area contributed by atoms with Crippen LogP contribution in [-0.2, 0) is 12.3 Å². The molecule has 2 aromatic carbocycles. The van der Waals surface area contributed by atoms with Gasteiger partial charge in [0.15, 0.2) is 11.5 Å². The van der Waals surface area contributed by atoms with Gasteiger partial charge in [-0.3, -0.25) is 9.78 Å². The van der Waals surface area contributed by atoms with Gasteiger partial charge in [-0.2, -0.15) is 0 Å². The van der Waals surface area contributed by atoms with Crippen molar-refractivity contribution in [2.45, 2.75) is 24.1 Å². The third-order valence-electron chi connectivity index (χ3n) is 4.72. The molecule has 0 atom stereocenters. The second kappa shape index (κ2) is 10.7. The summed E-state index contributed by atoms with van der Waals surface area (Å²) in [5.74, 6) is 2.20. The molecular weight excluding hydrogens is 396 g/mol. The normalized spacial score (nSPS) is 10.5. The maximum Gasteiger partial charge on any atom is 0.254 e. The highest BCUT2D eigenvalue weighted by atomic mass is 32.2. The van der Waals surface area contributed by atoms with Crippen LogP contribution in [0.1, 0.15) is 28.4 Å². The third kappa shape index (κ3) is 5.54. The van der Waals surface area contributed by atoms with Crippen molar-refractivity contribution in [2.24, 2.45) is 0 Å². The van der Waals surface area contributed by atoms with Crippen LogP contribution in [0.2, 0.25) is 0 Å². The Morgan fingerprint density at radius 2 is 1.77 bits per heavy atom. The number of hydrogen-bond donors (Lipinski definition) is 0. The van der Waals surface area contributed by atoms with E-state index in [0.29, 0.717) is 30.2 Å². The number of carbonyl (C=O) groups is 1. The van der Waals surface area contributed by atoms with Gasteiger partial charge >= 0.3 is 0 Å². The van der Waals surface area contributed by atoms with E-state index in [0.717, 1.165) is 16.2 Å². The van der Waals surface area contributed by atoms with Crippen molar-refractivity contribution in [3.8, 4) is 11.5 Å². The zero-order valence-electron chi connectivity index (χ0n) is 17.5. The molecule has 0 fully saturated rings. The molecule has 30 heavy (non-hydrogen) atoms. The number of benzene rings is 2. The maximum absolute atomic E-state index is 13.0. The molecule has 0 radical (unpaired) electrons. The van der Waals surface area contributed by atoms with Crippen LogP contribution in [0, 0.1) is 0 Å². The predicted octanol–water partition coefficient (Wildman–Crippen LogP) is 5.05. The van der Waals surface area contributed by atoms with Crippen LogP contribution in [0.4, 0.5) is 0 Å². The molecule has 0 saturated heterocycles. The number of nitrogens with zero attached hydrogens (tertiary/aromatic N) is 2. The van der Waals surface area contributed by atoms with E-state index in [4.69, 9.17) is 9.47 Å². The van der Waals surface area contributed by atoms with E-state index in [1.54, 1.807) is 32.2 Å². The standard InChI is InChI=1S/C24H26N2O3S/c1-4-26(16-18-7-12-22(28-2)23(14-18)29-3)24(27)20-8-10-21(11-9-20)30-17-19-6-5-13-25-15-19/h5-15H,4,16-17H2,1-3H3. The quantitative estimate of drug-likeness (QED) is 0.452. The highest BCUT2D eigenvalue weighted by Gasteiger charge is 2.16. The lowest BCUT2D eigenvalue weighted by Gasteiger charge is -2.22. The Hall–Kier alpha value is -2.99. The van der Waals surface area contributed by atoms with E-state index >= 15 is 0 Å². The topological polar surface area (TPSA) is 51.7 Å². The summed E-state index contributed by atoms with van der Waals surface area (Å²) in [7, 11) is 3.22. The molecule has 1 heterocycles. The number of pyridine rings is 1. The highest BCUT2D eigenvalue weighted by molar-refractivity contribution is 7.98. The second-order valence-electron chi connectivity index (χ2n) is 6.68. The Bertz CT molecular complexity index is 962. The van der Waals surface area contributed by atoms with Gasteiger partial charge in [-0.1, -0.05) is 12.1 Å². The van der Waals surface area contributed by atoms with Gasteiger partial charge in [0.1, 0.15) is 0 Å². The van der Waals surface area contributed by atoms with Crippen molar-refractivity contribution in [3.63, 3.8) is 0 Å². The van der Waals surface area contributed by atoms with Crippen molar-refractivity contribution in [1.29, 1.82) is 0 Å². The number of thioether (sulfide) groups is 1. The van der Waals surface area contributed by atoms with Crippen molar-refractivity contribution in [3.05, 3.63) is 83.7 Å². The molecule has 3 rings (SSSR count). The maximum atomic E-state index is 13.0. The van der Waals surface area contributed by atoms with E-state index in [-0.39, 0.29) is 5.91 Å². The highest BCUT2D eigenvalue weighted by Crippen LogP contribution is 2.28. The molecule has 3 aromatic rings. The number of carbonyl (C=O) groups excluding carboxylic acids is 1. The molecule has 0 aliphatic rings. The molecule has 0 aliphatic carbocycles. The van der Waals surface area contributed by atoms with Gasteiger partial charge in [-0.15, -0.1) is 11.8 Å². The Kier molecular flexibility index (Phi) is 7.74. The Morgan fingerprint density at radius 3 is 2.40 bits per heavy atom. The number of rotatable bonds is 9. The molecule has 5 nitrogen and oxygen atoms in total. The molecule has 156 valence electrons. The Balaban J connectivity index is 1.65.